The predicted octanol–water partition coefficient (Wildman–Crippen LogP) is 4.21. The largest absolute Gasteiger partial charge is 0.508 e. The van der Waals surface area contributed by atoms with Gasteiger partial charge in [0.1, 0.15) is 5.75 Å². The quantitative estimate of drug-likeness (QED) is 0.888. The maximum absolute atomic E-state index is 9.58. The normalized spacial score (nSPS) is 12.2. The number of aromatic hydroxyl groups is 1. The van der Waals surface area contributed by atoms with E-state index in [9.17, 15) is 5.11 Å². The molecule has 1 atom stereocenters. The van der Waals surface area contributed by atoms with E-state index in [2.05, 4.69) is 50.9 Å². The molecule has 1 unspecified atom stereocenters. The van der Waals surface area contributed by atoms with Gasteiger partial charge in [-0.15, -0.1) is 0 Å². The second-order valence-corrected chi connectivity index (χ2v) is 5.23. The lowest BCUT2D eigenvalue weighted by Gasteiger charge is -2.28. The van der Waals surface area contributed by atoms with Crippen LogP contribution in [0.1, 0.15) is 29.7 Å². The van der Waals surface area contributed by atoms with Crippen LogP contribution in [0.25, 0.3) is 0 Å². The minimum atomic E-state index is 0.216. The second-order valence-electron chi connectivity index (χ2n) is 5.23. The second kappa shape index (κ2) is 5.35. The van der Waals surface area contributed by atoms with Crippen LogP contribution >= 0.6 is 0 Å². The van der Waals surface area contributed by atoms with Gasteiger partial charge in [-0.2, -0.15) is 0 Å². The summed E-state index contributed by atoms with van der Waals surface area (Å²) in [5.74, 6) is 0.318. The van der Waals surface area contributed by atoms with E-state index < -0.39 is 0 Å². The maximum Gasteiger partial charge on any atom is 0.115 e. The zero-order chi connectivity index (χ0) is 14.0. The molecule has 1 N–H and O–H groups in total. The molecule has 0 saturated heterocycles. The number of hydrogen-bond donors (Lipinski definition) is 1. The molecular formula is C17H21NO. The predicted molar refractivity (Wildman–Crippen MR) is 80.8 cm³/mol. The molecule has 0 saturated carbocycles. The van der Waals surface area contributed by atoms with E-state index in [0.29, 0.717) is 5.75 Å². The zero-order valence-electron chi connectivity index (χ0n) is 12.0. The first kappa shape index (κ1) is 13.5. The van der Waals surface area contributed by atoms with Crippen molar-refractivity contribution < 1.29 is 5.11 Å². The Morgan fingerprint density at radius 2 is 1.63 bits per heavy atom. The van der Waals surface area contributed by atoms with Crippen LogP contribution in [0.3, 0.4) is 0 Å². The molecule has 2 heteroatoms. The Hall–Kier alpha value is -1.96. The highest BCUT2D eigenvalue weighted by atomic mass is 16.3. The molecule has 0 heterocycles. The summed E-state index contributed by atoms with van der Waals surface area (Å²) >= 11 is 0. The summed E-state index contributed by atoms with van der Waals surface area (Å²) in [7, 11) is 2.09. The lowest BCUT2D eigenvalue weighted by molar-refractivity contribution is 0.474. The monoisotopic (exact) mass is 255 g/mol. The van der Waals surface area contributed by atoms with Crippen LogP contribution in [0.2, 0.25) is 0 Å². The molecule has 0 spiro atoms. The van der Waals surface area contributed by atoms with Crippen LogP contribution in [0.5, 0.6) is 5.75 Å². The van der Waals surface area contributed by atoms with E-state index >= 15 is 0 Å². The van der Waals surface area contributed by atoms with Crippen molar-refractivity contribution in [3.05, 3.63) is 59.2 Å². The van der Waals surface area contributed by atoms with Crippen molar-refractivity contribution in [1.29, 1.82) is 0 Å². The van der Waals surface area contributed by atoms with Crippen molar-refractivity contribution in [2.45, 2.75) is 26.8 Å². The Balaban J connectivity index is 2.30. The van der Waals surface area contributed by atoms with Crippen molar-refractivity contribution in [2.24, 2.45) is 0 Å². The minimum Gasteiger partial charge on any atom is -0.508 e. The van der Waals surface area contributed by atoms with Crippen molar-refractivity contribution in [3.8, 4) is 5.75 Å². The molecule has 19 heavy (non-hydrogen) atoms. The van der Waals surface area contributed by atoms with Crippen LogP contribution in [-0.2, 0) is 0 Å². The summed E-state index contributed by atoms with van der Waals surface area (Å²) in [6.07, 6.45) is 0. The molecule has 0 aliphatic rings. The maximum atomic E-state index is 9.58. The summed E-state index contributed by atoms with van der Waals surface area (Å²) in [6.45, 7) is 6.37. The summed E-state index contributed by atoms with van der Waals surface area (Å²) in [5, 5.41) is 9.58. The first-order valence-corrected chi connectivity index (χ1v) is 6.57. The molecule has 0 radical (unpaired) electrons. The number of benzene rings is 2. The smallest absolute Gasteiger partial charge is 0.115 e. The Labute approximate surface area is 115 Å². The summed E-state index contributed by atoms with van der Waals surface area (Å²) in [4.78, 5) is 2.23. The Kier molecular flexibility index (Phi) is 3.79. The van der Waals surface area contributed by atoms with Gasteiger partial charge in [-0.05, 0) is 61.7 Å². The lowest BCUT2D eigenvalue weighted by Crippen LogP contribution is -2.21. The molecule has 2 aromatic rings. The summed E-state index contributed by atoms with van der Waals surface area (Å²) < 4.78 is 0. The molecular weight excluding hydrogens is 234 g/mol. The number of phenols is 1. The van der Waals surface area contributed by atoms with Gasteiger partial charge < -0.3 is 10.0 Å². The third-order valence-corrected chi connectivity index (χ3v) is 3.55. The van der Waals surface area contributed by atoms with Crippen molar-refractivity contribution in [2.75, 3.05) is 11.9 Å². The molecule has 100 valence electrons. The fourth-order valence-corrected chi connectivity index (χ4v) is 2.39. The average molecular weight is 255 g/mol. The molecule has 0 aliphatic carbocycles. The molecule has 0 aromatic heterocycles. The van der Waals surface area contributed by atoms with Gasteiger partial charge in [-0.3, -0.25) is 0 Å². The van der Waals surface area contributed by atoms with Crippen molar-refractivity contribution in [3.63, 3.8) is 0 Å². The Morgan fingerprint density at radius 3 is 2.21 bits per heavy atom. The van der Waals surface area contributed by atoms with Crippen LogP contribution in [0, 0.1) is 13.8 Å². The highest BCUT2D eigenvalue weighted by Crippen LogP contribution is 2.28. The van der Waals surface area contributed by atoms with Gasteiger partial charge in [0.25, 0.3) is 0 Å². The Bertz CT molecular complexity index is 557. The van der Waals surface area contributed by atoms with Gasteiger partial charge in [0.05, 0.1) is 6.04 Å². The van der Waals surface area contributed by atoms with Gasteiger partial charge in [-0.1, -0.05) is 18.2 Å². The van der Waals surface area contributed by atoms with Crippen LogP contribution in [-0.4, -0.2) is 12.2 Å². The Morgan fingerprint density at radius 1 is 1.00 bits per heavy atom. The number of nitrogens with zero attached hydrogens (tertiary/aromatic N) is 1. The first-order valence-electron chi connectivity index (χ1n) is 6.57. The number of anilines is 1. The highest BCUT2D eigenvalue weighted by molar-refractivity contribution is 5.52. The van der Waals surface area contributed by atoms with Gasteiger partial charge in [0.15, 0.2) is 0 Å². The first-order chi connectivity index (χ1) is 8.97. The number of aryl methyl sites for hydroxylation is 2. The zero-order valence-corrected chi connectivity index (χ0v) is 12.0. The molecule has 2 nitrogen and oxygen atoms in total. The number of phenolic OH excluding ortho intramolecular Hbond substituents is 1. The molecule has 0 fully saturated rings. The standard InChI is InChI=1S/C17H21NO/c1-12-8-13(2)10-16(9-12)18(4)14(3)15-6-5-7-17(19)11-15/h5-11,14,19H,1-4H3. The van der Waals surface area contributed by atoms with Gasteiger partial charge in [0, 0.05) is 12.7 Å². The van der Waals surface area contributed by atoms with Crippen LogP contribution in [0.4, 0.5) is 5.69 Å². The molecule has 2 aromatic carbocycles. The molecule has 0 aliphatic heterocycles. The molecule has 0 bridgehead atoms. The van der Waals surface area contributed by atoms with E-state index in [1.54, 1.807) is 6.07 Å². The third-order valence-electron chi connectivity index (χ3n) is 3.55. The highest BCUT2D eigenvalue weighted by Gasteiger charge is 2.13. The van der Waals surface area contributed by atoms with E-state index in [4.69, 9.17) is 0 Å². The van der Waals surface area contributed by atoms with Gasteiger partial charge in [-0.25, -0.2) is 0 Å². The minimum absolute atomic E-state index is 0.216. The molecule has 0 amide bonds. The fourth-order valence-electron chi connectivity index (χ4n) is 2.39. The van der Waals surface area contributed by atoms with E-state index in [-0.39, 0.29) is 6.04 Å². The van der Waals surface area contributed by atoms with E-state index in [1.807, 2.05) is 18.2 Å². The molecule has 2 rings (SSSR count). The fraction of sp³-hybridized carbons (Fsp3) is 0.294. The van der Waals surface area contributed by atoms with Crippen LogP contribution in [0.15, 0.2) is 42.5 Å². The summed E-state index contributed by atoms with van der Waals surface area (Å²) in [6, 6.07) is 14.2. The van der Waals surface area contributed by atoms with Crippen molar-refractivity contribution in [1.82, 2.24) is 0 Å². The van der Waals surface area contributed by atoms with Crippen molar-refractivity contribution >= 4 is 5.69 Å². The summed E-state index contributed by atoms with van der Waals surface area (Å²) in [5.41, 5.74) is 4.85. The van der Waals surface area contributed by atoms with E-state index in [0.717, 1.165) is 5.56 Å². The lowest BCUT2D eigenvalue weighted by atomic mass is 10.0. The van der Waals surface area contributed by atoms with E-state index in [1.165, 1.54) is 16.8 Å². The van der Waals surface area contributed by atoms with Crippen LogP contribution < -0.4 is 4.90 Å². The number of rotatable bonds is 3. The van der Waals surface area contributed by atoms with Gasteiger partial charge >= 0.3 is 0 Å². The number of hydrogen-bond acceptors (Lipinski definition) is 2. The SMILES string of the molecule is Cc1cc(C)cc(N(C)C(C)c2cccc(O)c2)c1. The topological polar surface area (TPSA) is 23.5 Å². The third kappa shape index (κ3) is 3.08. The average Bonchev–Trinajstić information content (AvgIpc) is 2.36. The van der Waals surface area contributed by atoms with Gasteiger partial charge in [0.2, 0.25) is 0 Å².